The van der Waals surface area contributed by atoms with Crippen molar-refractivity contribution < 1.29 is 23.2 Å². The van der Waals surface area contributed by atoms with E-state index in [4.69, 9.17) is 4.42 Å². The fourth-order valence-corrected chi connectivity index (χ4v) is 3.22. The van der Waals surface area contributed by atoms with Crippen molar-refractivity contribution >= 4 is 39.9 Å². The van der Waals surface area contributed by atoms with Crippen molar-refractivity contribution in [2.75, 3.05) is 24.2 Å². The van der Waals surface area contributed by atoms with Gasteiger partial charge in [0.1, 0.15) is 12.4 Å². The van der Waals surface area contributed by atoms with Gasteiger partial charge in [0.15, 0.2) is 10.9 Å². The summed E-state index contributed by atoms with van der Waals surface area (Å²) in [6.07, 6.45) is 1.38. The number of nitrogens with one attached hydrogen (secondary N) is 2. The third kappa shape index (κ3) is 5.05. The summed E-state index contributed by atoms with van der Waals surface area (Å²) >= 11 is 1.13. The Morgan fingerprint density at radius 3 is 2.69 bits per heavy atom. The van der Waals surface area contributed by atoms with E-state index in [2.05, 4.69) is 15.6 Å². The Kier molecular flexibility index (Phi) is 6.03. The molecule has 0 aliphatic heterocycles. The number of amides is 3. The SMILES string of the molecule is CC(=O)Nc1ccc(-c2csc(NC(=O)CN(C)C(=O)c3ccco3)n2)c(F)c1. The Labute approximate surface area is 169 Å². The first-order valence-electron chi connectivity index (χ1n) is 8.45. The van der Waals surface area contributed by atoms with E-state index in [1.807, 2.05) is 0 Å². The molecule has 0 radical (unpaired) electrons. The number of nitrogens with zero attached hydrogens (tertiary/aromatic N) is 2. The van der Waals surface area contributed by atoms with Crippen LogP contribution in [0, 0.1) is 5.82 Å². The Balaban J connectivity index is 1.63. The monoisotopic (exact) mass is 416 g/mol. The van der Waals surface area contributed by atoms with Crippen molar-refractivity contribution in [3.05, 3.63) is 53.6 Å². The van der Waals surface area contributed by atoms with Gasteiger partial charge >= 0.3 is 0 Å². The number of anilines is 2. The summed E-state index contributed by atoms with van der Waals surface area (Å²) in [6, 6.07) is 7.35. The van der Waals surface area contributed by atoms with E-state index in [1.54, 1.807) is 17.5 Å². The molecule has 0 aliphatic carbocycles. The van der Waals surface area contributed by atoms with Gasteiger partial charge in [0.2, 0.25) is 11.8 Å². The van der Waals surface area contributed by atoms with Crippen molar-refractivity contribution in [3.63, 3.8) is 0 Å². The van der Waals surface area contributed by atoms with Crippen LogP contribution in [-0.2, 0) is 9.59 Å². The number of furan rings is 1. The van der Waals surface area contributed by atoms with E-state index in [1.165, 1.54) is 43.3 Å². The molecule has 150 valence electrons. The van der Waals surface area contributed by atoms with Crippen molar-refractivity contribution in [2.45, 2.75) is 6.92 Å². The maximum absolute atomic E-state index is 14.3. The third-order valence-corrected chi connectivity index (χ3v) is 4.53. The van der Waals surface area contributed by atoms with Crippen molar-refractivity contribution in [2.24, 2.45) is 0 Å². The number of thiazole rings is 1. The van der Waals surface area contributed by atoms with Crippen molar-refractivity contribution in [1.29, 1.82) is 0 Å². The number of aromatic nitrogens is 1. The minimum absolute atomic E-state index is 0.134. The van der Waals surface area contributed by atoms with Crippen LogP contribution in [0.15, 0.2) is 46.4 Å². The van der Waals surface area contributed by atoms with Gasteiger partial charge in [0, 0.05) is 30.6 Å². The number of hydrogen-bond acceptors (Lipinski definition) is 6. The topological polar surface area (TPSA) is 105 Å². The van der Waals surface area contributed by atoms with Gasteiger partial charge in [0.05, 0.1) is 12.0 Å². The quantitative estimate of drug-likeness (QED) is 0.642. The molecule has 0 saturated heterocycles. The summed E-state index contributed by atoms with van der Waals surface area (Å²) in [5.74, 6) is -1.59. The molecule has 3 aromatic rings. The standard InChI is InChI=1S/C19H17FN4O4S/c1-11(25)21-12-5-6-13(14(20)8-12)15-10-29-19(22-15)23-17(26)9-24(2)18(27)16-4-3-7-28-16/h3-8,10H,9H2,1-2H3,(H,21,25)(H,22,23,26). The van der Waals surface area contributed by atoms with Gasteiger partial charge in [-0.1, -0.05) is 0 Å². The molecule has 29 heavy (non-hydrogen) atoms. The molecule has 0 saturated carbocycles. The van der Waals surface area contributed by atoms with E-state index in [9.17, 15) is 18.8 Å². The fourth-order valence-electron chi connectivity index (χ4n) is 2.49. The predicted molar refractivity (Wildman–Crippen MR) is 106 cm³/mol. The lowest BCUT2D eigenvalue weighted by Gasteiger charge is -2.14. The average Bonchev–Trinajstić information content (AvgIpc) is 3.32. The Hall–Kier alpha value is -3.53. The third-order valence-electron chi connectivity index (χ3n) is 3.78. The number of carbonyl (C=O) groups is 3. The van der Waals surface area contributed by atoms with Gasteiger partial charge < -0.3 is 20.0 Å². The number of halogens is 1. The second kappa shape index (κ2) is 8.65. The molecule has 0 aliphatic rings. The molecule has 0 fully saturated rings. The Bertz CT molecular complexity index is 1050. The van der Waals surface area contributed by atoms with Gasteiger partial charge in [-0.15, -0.1) is 11.3 Å². The first-order valence-corrected chi connectivity index (χ1v) is 9.33. The lowest BCUT2D eigenvalue weighted by atomic mass is 10.1. The lowest BCUT2D eigenvalue weighted by Crippen LogP contribution is -2.34. The molecule has 10 heteroatoms. The van der Waals surface area contributed by atoms with Gasteiger partial charge in [-0.3, -0.25) is 14.4 Å². The zero-order valence-corrected chi connectivity index (χ0v) is 16.4. The fraction of sp³-hybridized carbons (Fsp3) is 0.158. The van der Waals surface area contributed by atoms with Crippen LogP contribution in [-0.4, -0.2) is 41.2 Å². The van der Waals surface area contributed by atoms with Crippen molar-refractivity contribution in [1.82, 2.24) is 9.88 Å². The van der Waals surface area contributed by atoms with Crippen LogP contribution in [0.1, 0.15) is 17.5 Å². The highest BCUT2D eigenvalue weighted by molar-refractivity contribution is 7.14. The number of likely N-dealkylation sites (N-methyl/N-ethyl adjacent to an activating group) is 1. The molecule has 2 aromatic heterocycles. The normalized spacial score (nSPS) is 10.4. The number of benzene rings is 1. The number of hydrogen-bond donors (Lipinski definition) is 2. The molecule has 0 unspecified atom stereocenters. The molecule has 0 atom stereocenters. The van der Waals surface area contributed by atoms with Crippen LogP contribution < -0.4 is 10.6 Å². The molecule has 3 rings (SSSR count). The van der Waals surface area contributed by atoms with Crippen molar-refractivity contribution in [3.8, 4) is 11.3 Å². The van der Waals surface area contributed by atoms with E-state index in [0.717, 1.165) is 11.3 Å². The minimum atomic E-state index is -0.553. The smallest absolute Gasteiger partial charge is 0.289 e. The second-order valence-electron chi connectivity index (χ2n) is 6.10. The highest BCUT2D eigenvalue weighted by Crippen LogP contribution is 2.28. The predicted octanol–water partition coefficient (Wildman–Crippen LogP) is 3.21. The zero-order valence-electron chi connectivity index (χ0n) is 15.6. The summed E-state index contributed by atoms with van der Waals surface area (Å²) in [6.45, 7) is 1.13. The van der Waals surface area contributed by atoms with Gasteiger partial charge in [-0.05, 0) is 30.3 Å². The van der Waals surface area contributed by atoms with E-state index < -0.39 is 17.6 Å². The minimum Gasteiger partial charge on any atom is -0.459 e. The molecule has 2 heterocycles. The molecule has 1 aromatic carbocycles. The Morgan fingerprint density at radius 1 is 1.24 bits per heavy atom. The highest BCUT2D eigenvalue weighted by atomic mass is 32.1. The molecule has 0 bridgehead atoms. The molecule has 0 spiro atoms. The van der Waals surface area contributed by atoms with Gasteiger partial charge in [-0.2, -0.15) is 0 Å². The second-order valence-corrected chi connectivity index (χ2v) is 6.96. The summed E-state index contributed by atoms with van der Waals surface area (Å²) < 4.78 is 19.3. The van der Waals surface area contributed by atoms with E-state index >= 15 is 0 Å². The summed E-state index contributed by atoms with van der Waals surface area (Å²) in [5.41, 5.74) is 0.921. The van der Waals surface area contributed by atoms with Gasteiger partial charge in [-0.25, -0.2) is 9.37 Å². The summed E-state index contributed by atoms with van der Waals surface area (Å²) in [7, 11) is 1.48. The zero-order chi connectivity index (χ0) is 21.0. The summed E-state index contributed by atoms with van der Waals surface area (Å²) in [5, 5.41) is 6.96. The van der Waals surface area contributed by atoms with Crippen LogP contribution in [0.4, 0.5) is 15.2 Å². The highest BCUT2D eigenvalue weighted by Gasteiger charge is 2.18. The number of carbonyl (C=O) groups excluding carboxylic acids is 3. The van der Waals surface area contributed by atoms with E-state index in [0.29, 0.717) is 11.4 Å². The van der Waals surface area contributed by atoms with Crippen LogP contribution in [0.25, 0.3) is 11.3 Å². The van der Waals surface area contributed by atoms with Crippen LogP contribution in [0.3, 0.4) is 0 Å². The molecular weight excluding hydrogens is 399 g/mol. The largest absolute Gasteiger partial charge is 0.459 e. The molecule has 3 amide bonds. The first kappa shape index (κ1) is 20.2. The summed E-state index contributed by atoms with van der Waals surface area (Å²) in [4.78, 5) is 40.7. The number of rotatable bonds is 6. The van der Waals surface area contributed by atoms with Crippen LogP contribution >= 0.6 is 11.3 Å². The Morgan fingerprint density at radius 2 is 2.03 bits per heavy atom. The average molecular weight is 416 g/mol. The lowest BCUT2D eigenvalue weighted by molar-refractivity contribution is -0.116. The molecule has 2 N–H and O–H groups in total. The molecular formula is C19H17FN4O4S. The van der Waals surface area contributed by atoms with E-state index in [-0.39, 0.29) is 28.9 Å². The molecule has 8 nitrogen and oxygen atoms in total. The maximum Gasteiger partial charge on any atom is 0.289 e. The first-order chi connectivity index (χ1) is 13.8. The van der Waals surface area contributed by atoms with Gasteiger partial charge in [0.25, 0.3) is 5.91 Å². The van der Waals surface area contributed by atoms with Crippen LogP contribution in [0.2, 0.25) is 0 Å². The van der Waals surface area contributed by atoms with Crippen LogP contribution in [0.5, 0.6) is 0 Å². The maximum atomic E-state index is 14.3.